The van der Waals surface area contributed by atoms with Gasteiger partial charge in [-0.2, -0.15) is 0 Å². The molecular formula is C18H25NO2. The van der Waals surface area contributed by atoms with E-state index >= 15 is 0 Å². The Morgan fingerprint density at radius 2 is 1.57 bits per heavy atom. The molecule has 0 saturated carbocycles. The van der Waals surface area contributed by atoms with Crippen LogP contribution >= 0.6 is 0 Å². The zero-order chi connectivity index (χ0) is 15.1. The fourth-order valence-electron chi connectivity index (χ4n) is 2.31. The molecule has 0 heterocycles. The standard InChI is InChI=1S/C18H25NO2/c1-14(2)12-20-10-11-21-13-18(19)17-9-5-7-15-6-3-4-8-16(15)17/h3-9,14,18H,10-13,19H2,1-2H3. The lowest BCUT2D eigenvalue weighted by Gasteiger charge is -2.15. The van der Waals surface area contributed by atoms with Gasteiger partial charge in [-0.05, 0) is 22.3 Å². The Balaban J connectivity index is 1.84. The molecule has 0 radical (unpaired) electrons. The minimum Gasteiger partial charge on any atom is -0.379 e. The Kier molecular flexibility index (Phi) is 6.18. The summed E-state index contributed by atoms with van der Waals surface area (Å²) in [6.07, 6.45) is 0. The minimum atomic E-state index is -0.110. The molecule has 3 nitrogen and oxygen atoms in total. The third kappa shape index (κ3) is 4.81. The van der Waals surface area contributed by atoms with Gasteiger partial charge < -0.3 is 15.2 Å². The smallest absolute Gasteiger partial charge is 0.0701 e. The van der Waals surface area contributed by atoms with E-state index in [1.807, 2.05) is 18.2 Å². The Hall–Kier alpha value is -1.42. The van der Waals surface area contributed by atoms with Crippen molar-refractivity contribution in [3.8, 4) is 0 Å². The summed E-state index contributed by atoms with van der Waals surface area (Å²) in [5.74, 6) is 0.558. The van der Waals surface area contributed by atoms with Crippen LogP contribution in [-0.4, -0.2) is 26.4 Å². The van der Waals surface area contributed by atoms with Crippen molar-refractivity contribution >= 4 is 10.8 Å². The summed E-state index contributed by atoms with van der Waals surface area (Å²) in [5, 5.41) is 2.41. The molecule has 114 valence electrons. The first kappa shape index (κ1) is 16.0. The molecular weight excluding hydrogens is 262 g/mol. The van der Waals surface area contributed by atoms with Crippen LogP contribution in [0.4, 0.5) is 0 Å². The van der Waals surface area contributed by atoms with E-state index in [4.69, 9.17) is 15.2 Å². The van der Waals surface area contributed by atoms with E-state index in [1.165, 1.54) is 10.8 Å². The molecule has 1 unspecified atom stereocenters. The van der Waals surface area contributed by atoms with E-state index in [0.29, 0.717) is 25.7 Å². The fourth-order valence-corrected chi connectivity index (χ4v) is 2.31. The van der Waals surface area contributed by atoms with Gasteiger partial charge in [0.15, 0.2) is 0 Å². The van der Waals surface area contributed by atoms with Crippen LogP contribution in [0.3, 0.4) is 0 Å². The van der Waals surface area contributed by atoms with Crippen LogP contribution < -0.4 is 5.73 Å². The SMILES string of the molecule is CC(C)COCCOCC(N)c1cccc2ccccc12. The lowest BCUT2D eigenvalue weighted by atomic mass is 10.00. The van der Waals surface area contributed by atoms with E-state index in [1.54, 1.807) is 0 Å². The number of hydrogen-bond donors (Lipinski definition) is 1. The number of rotatable bonds is 8. The molecule has 0 aliphatic rings. The van der Waals surface area contributed by atoms with Gasteiger partial charge in [0, 0.05) is 6.61 Å². The molecule has 2 rings (SSSR count). The van der Waals surface area contributed by atoms with E-state index in [-0.39, 0.29) is 6.04 Å². The molecule has 1 atom stereocenters. The van der Waals surface area contributed by atoms with Crippen LogP contribution in [0.2, 0.25) is 0 Å². The maximum absolute atomic E-state index is 6.26. The fraction of sp³-hybridized carbons (Fsp3) is 0.444. The van der Waals surface area contributed by atoms with E-state index < -0.39 is 0 Å². The molecule has 0 bridgehead atoms. The predicted octanol–water partition coefficient (Wildman–Crippen LogP) is 3.53. The van der Waals surface area contributed by atoms with Gasteiger partial charge in [-0.15, -0.1) is 0 Å². The second-order valence-electron chi connectivity index (χ2n) is 5.72. The van der Waals surface area contributed by atoms with Crippen molar-refractivity contribution in [2.75, 3.05) is 26.4 Å². The van der Waals surface area contributed by atoms with Crippen molar-refractivity contribution in [3.63, 3.8) is 0 Å². The predicted molar refractivity (Wildman–Crippen MR) is 87.4 cm³/mol. The van der Waals surface area contributed by atoms with Gasteiger partial charge in [-0.1, -0.05) is 56.3 Å². The van der Waals surface area contributed by atoms with Crippen molar-refractivity contribution in [3.05, 3.63) is 48.0 Å². The lowest BCUT2D eigenvalue weighted by Crippen LogP contribution is -2.19. The first-order valence-electron chi connectivity index (χ1n) is 7.57. The molecule has 0 aromatic heterocycles. The molecule has 0 aliphatic carbocycles. The van der Waals surface area contributed by atoms with Crippen LogP contribution in [0, 0.1) is 5.92 Å². The van der Waals surface area contributed by atoms with Gasteiger partial charge >= 0.3 is 0 Å². The zero-order valence-corrected chi connectivity index (χ0v) is 12.9. The zero-order valence-electron chi connectivity index (χ0n) is 12.9. The van der Waals surface area contributed by atoms with Crippen LogP contribution in [-0.2, 0) is 9.47 Å². The van der Waals surface area contributed by atoms with Crippen LogP contribution in [0.1, 0.15) is 25.5 Å². The average molecular weight is 287 g/mol. The van der Waals surface area contributed by atoms with Crippen LogP contribution in [0.5, 0.6) is 0 Å². The maximum atomic E-state index is 6.26. The van der Waals surface area contributed by atoms with Crippen molar-refractivity contribution in [1.82, 2.24) is 0 Å². The van der Waals surface area contributed by atoms with Gasteiger partial charge in [0.1, 0.15) is 0 Å². The number of ether oxygens (including phenoxy) is 2. The first-order chi connectivity index (χ1) is 10.2. The highest BCUT2D eigenvalue weighted by Gasteiger charge is 2.09. The van der Waals surface area contributed by atoms with Gasteiger partial charge in [-0.3, -0.25) is 0 Å². The van der Waals surface area contributed by atoms with Crippen molar-refractivity contribution in [1.29, 1.82) is 0 Å². The summed E-state index contributed by atoms with van der Waals surface area (Å²) in [6.45, 7) is 6.78. The highest BCUT2D eigenvalue weighted by atomic mass is 16.5. The van der Waals surface area contributed by atoms with Gasteiger partial charge in [-0.25, -0.2) is 0 Å². The van der Waals surface area contributed by atoms with Gasteiger partial charge in [0.2, 0.25) is 0 Å². The quantitative estimate of drug-likeness (QED) is 0.755. The molecule has 0 aliphatic heterocycles. The van der Waals surface area contributed by atoms with Gasteiger partial charge in [0.25, 0.3) is 0 Å². The summed E-state index contributed by atoms with van der Waals surface area (Å²) < 4.78 is 11.1. The number of fused-ring (bicyclic) bond motifs is 1. The summed E-state index contributed by atoms with van der Waals surface area (Å²) in [6, 6.07) is 14.4. The van der Waals surface area contributed by atoms with Gasteiger partial charge in [0.05, 0.1) is 25.9 Å². The third-order valence-corrected chi connectivity index (χ3v) is 3.34. The van der Waals surface area contributed by atoms with Crippen LogP contribution in [0.15, 0.2) is 42.5 Å². The first-order valence-corrected chi connectivity index (χ1v) is 7.57. The third-order valence-electron chi connectivity index (χ3n) is 3.34. The highest BCUT2D eigenvalue weighted by molar-refractivity contribution is 5.86. The van der Waals surface area contributed by atoms with Crippen molar-refractivity contribution < 1.29 is 9.47 Å². The second-order valence-corrected chi connectivity index (χ2v) is 5.72. The van der Waals surface area contributed by atoms with Crippen molar-refractivity contribution in [2.45, 2.75) is 19.9 Å². The molecule has 2 aromatic carbocycles. The Bertz CT molecular complexity index is 548. The number of hydrogen-bond acceptors (Lipinski definition) is 3. The average Bonchev–Trinajstić information content (AvgIpc) is 2.49. The van der Waals surface area contributed by atoms with E-state index in [2.05, 4.69) is 38.1 Å². The maximum Gasteiger partial charge on any atom is 0.0701 e. The molecule has 2 N–H and O–H groups in total. The van der Waals surface area contributed by atoms with Crippen LogP contribution in [0.25, 0.3) is 10.8 Å². The normalized spacial score (nSPS) is 13.0. The Morgan fingerprint density at radius 1 is 0.905 bits per heavy atom. The molecule has 0 saturated heterocycles. The second kappa shape index (κ2) is 8.13. The molecule has 0 amide bonds. The minimum absolute atomic E-state index is 0.110. The monoisotopic (exact) mass is 287 g/mol. The summed E-state index contributed by atoms with van der Waals surface area (Å²) in [7, 11) is 0. The summed E-state index contributed by atoms with van der Waals surface area (Å²) >= 11 is 0. The Morgan fingerprint density at radius 3 is 2.33 bits per heavy atom. The lowest BCUT2D eigenvalue weighted by molar-refractivity contribution is 0.0334. The van der Waals surface area contributed by atoms with E-state index in [0.717, 1.165) is 12.2 Å². The Labute approximate surface area is 127 Å². The molecule has 2 aromatic rings. The topological polar surface area (TPSA) is 44.5 Å². The highest BCUT2D eigenvalue weighted by Crippen LogP contribution is 2.23. The van der Waals surface area contributed by atoms with Crippen molar-refractivity contribution in [2.24, 2.45) is 11.7 Å². The molecule has 21 heavy (non-hydrogen) atoms. The van der Waals surface area contributed by atoms with E-state index in [9.17, 15) is 0 Å². The number of benzene rings is 2. The summed E-state index contributed by atoms with van der Waals surface area (Å²) in [5.41, 5.74) is 7.39. The summed E-state index contributed by atoms with van der Waals surface area (Å²) in [4.78, 5) is 0. The molecule has 0 spiro atoms. The molecule has 3 heteroatoms. The molecule has 0 fully saturated rings. The number of nitrogens with two attached hydrogens (primary N) is 1. The largest absolute Gasteiger partial charge is 0.379 e.